The largest absolute Gasteiger partial charge is 0.477 e. The fourth-order valence-electron chi connectivity index (χ4n) is 4.33. The third kappa shape index (κ3) is 8.54. The molecule has 0 fully saturated rings. The molecule has 1 aliphatic rings. The maximum Gasteiger partial charge on any atom is 0.169 e. The summed E-state index contributed by atoms with van der Waals surface area (Å²) in [5, 5.41) is 0. The molecule has 0 amide bonds. The van der Waals surface area contributed by atoms with Crippen LogP contribution in [0.15, 0.2) is 127 Å². The van der Waals surface area contributed by atoms with E-state index in [0.717, 1.165) is 22.3 Å². The maximum absolute atomic E-state index is 6.49. The minimum Gasteiger partial charge on any atom is -0.477 e. The molecule has 5 rings (SSSR count). The lowest BCUT2D eigenvalue weighted by molar-refractivity contribution is -0.151. The molecule has 0 saturated heterocycles. The number of hydrogen-bond acceptors (Lipinski definition) is 4. The Morgan fingerprint density at radius 3 is 1.85 bits per heavy atom. The van der Waals surface area contributed by atoms with Crippen molar-refractivity contribution < 1.29 is 18.9 Å². The lowest BCUT2D eigenvalue weighted by Crippen LogP contribution is -2.47. The number of allylic oxidation sites excluding steroid dienone is 1. The highest BCUT2D eigenvalue weighted by Crippen LogP contribution is 2.26. The van der Waals surface area contributed by atoms with Crippen molar-refractivity contribution in [3.8, 4) is 11.8 Å². The number of rotatable bonds is 10. The van der Waals surface area contributed by atoms with E-state index in [1.165, 1.54) is 3.57 Å². The SMILES string of the molecule is Ic1ccc(COC[C@H]2OC(C#Cc3ccccc3)=C[C@@H](OCc3ccccc3)[C@@H]2OCc2ccccc2)cc1. The molecule has 40 heavy (non-hydrogen) atoms. The van der Waals surface area contributed by atoms with Crippen LogP contribution in [0.1, 0.15) is 22.3 Å². The highest BCUT2D eigenvalue weighted by atomic mass is 127. The molecule has 4 nitrogen and oxygen atoms in total. The molecule has 1 aliphatic heterocycles. The van der Waals surface area contributed by atoms with E-state index in [1.54, 1.807) is 0 Å². The Morgan fingerprint density at radius 2 is 1.20 bits per heavy atom. The van der Waals surface area contributed by atoms with Gasteiger partial charge in [-0.25, -0.2) is 0 Å². The molecule has 4 aromatic carbocycles. The monoisotopic (exact) mass is 642 g/mol. The third-order valence-corrected chi connectivity index (χ3v) is 7.14. The second-order valence-electron chi connectivity index (χ2n) is 9.47. The van der Waals surface area contributed by atoms with Gasteiger partial charge in [0, 0.05) is 9.13 Å². The first-order valence-corrected chi connectivity index (χ1v) is 14.4. The lowest BCUT2D eigenvalue weighted by atomic mass is 10.0. The smallest absolute Gasteiger partial charge is 0.169 e. The molecule has 5 heteroatoms. The van der Waals surface area contributed by atoms with Gasteiger partial charge in [-0.15, -0.1) is 0 Å². The van der Waals surface area contributed by atoms with Gasteiger partial charge >= 0.3 is 0 Å². The van der Waals surface area contributed by atoms with Crippen LogP contribution in [0.25, 0.3) is 0 Å². The van der Waals surface area contributed by atoms with E-state index >= 15 is 0 Å². The van der Waals surface area contributed by atoms with Crippen LogP contribution in [0.5, 0.6) is 0 Å². The van der Waals surface area contributed by atoms with Crippen molar-refractivity contribution in [2.75, 3.05) is 6.61 Å². The molecule has 0 radical (unpaired) electrons. The van der Waals surface area contributed by atoms with E-state index in [4.69, 9.17) is 18.9 Å². The minimum atomic E-state index is -0.404. The van der Waals surface area contributed by atoms with Crippen LogP contribution in [-0.4, -0.2) is 24.9 Å². The Labute approximate surface area is 250 Å². The Hall–Kier alpha value is -3.41. The summed E-state index contributed by atoms with van der Waals surface area (Å²) in [5.41, 5.74) is 4.20. The lowest BCUT2D eigenvalue weighted by Gasteiger charge is -2.36. The van der Waals surface area contributed by atoms with Crippen LogP contribution < -0.4 is 0 Å². The van der Waals surface area contributed by atoms with Crippen molar-refractivity contribution in [3.63, 3.8) is 0 Å². The number of hydrogen-bond donors (Lipinski definition) is 0. The normalized spacial score (nSPS) is 18.2. The van der Waals surface area contributed by atoms with E-state index in [0.29, 0.717) is 32.2 Å². The fourth-order valence-corrected chi connectivity index (χ4v) is 4.69. The summed E-state index contributed by atoms with van der Waals surface area (Å²) < 4.78 is 26.7. The van der Waals surface area contributed by atoms with Gasteiger partial charge in [0.15, 0.2) is 11.9 Å². The minimum absolute atomic E-state index is 0.334. The molecule has 0 aliphatic carbocycles. The summed E-state index contributed by atoms with van der Waals surface area (Å²) in [6, 6.07) is 38.5. The number of halogens is 1. The summed E-state index contributed by atoms with van der Waals surface area (Å²) in [6.07, 6.45) is 0.774. The van der Waals surface area contributed by atoms with Gasteiger partial charge in [0.05, 0.1) is 26.4 Å². The molecule has 4 aromatic rings. The molecule has 0 unspecified atom stereocenters. The topological polar surface area (TPSA) is 36.9 Å². The van der Waals surface area contributed by atoms with Crippen LogP contribution in [0.2, 0.25) is 0 Å². The van der Waals surface area contributed by atoms with Gasteiger partial charge < -0.3 is 18.9 Å². The van der Waals surface area contributed by atoms with E-state index in [9.17, 15) is 0 Å². The average Bonchev–Trinajstić information content (AvgIpc) is 3.01. The van der Waals surface area contributed by atoms with Gasteiger partial charge in [-0.3, -0.25) is 0 Å². The van der Waals surface area contributed by atoms with Gasteiger partial charge in [0.25, 0.3) is 0 Å². The third-order valence-electron chi connectivity index (χ3n) is 6.42. The molecule has 0 spiro atoms. The Balaban J connectivity index is 1.37. The first-order valence-electron chi connectivity index (χ1n) is 13.3. The van der Waals surface area contributed by atoms with Gasteiger partial charge in [0.2, 0.25) is 0 Å². The first-order chi connectivity index (χ1) is 19.7. The first kappa shape index (κ1) is 28.1. The van der Waals surface area contributed by atoms with E-state index < -0.39 is 6.10 Å². The summed E-state index contributed by atoms with van der Waals surface area (Å²) >= 11 is 2.30. The quantitative estimate of drug-likeness (QED) is 0.134. The second kappa shape index (κ2) is 14.8. The standard InChI is InChI=1S/C35H31IO4/c36-31-19-16-30(17-20-31)23-37-26-34-35(39-25-29-14-8-3-9-15-29)33(38-24-28-12-6-2-7-13-28)22-32(40-34)21-18-27-10-4-1-5-11-27/h1-17,19-20,22,33-35H,23-26H2/t33-,34-,35+/m1/s1. The predicted octanol–water partition coefficient (Wildman–Crippen LogP) is 7.31. The molecule has 202 valence electrons. The van der Waals surface area contributed by atoms with E-state index in [-0.39, 0.29) is 12.2 Å². The number of ether oxygens (including phenoxy) is 4. The highest BCUT2D eigenvalue weighted by molar-refractivity contribution is 14.1. The zero-order valence-electron chi connectivity index (χ0n) is 22.1. The molecule has 0 saturated carbocycles. The molecular formula is C35H31IO4. The summed E-state index contributed by atoms with van der Waals surface area (Å²) in [6.45, 7) is 1.70. The van der Waals surface area contributed by atoms with Crippen molar-refractivity contribution in [2.24, 2.45) is 0 Å². The van der Waals surface area contributed by atoms with Crippen LogP contribution in [-0.2, 0) is 38.8 Å². The summed E-state index contributed by atoms with van der Waals surface area (Å²) in [5.74, 6) is 6.97. The summed E-state index contributed by atoms with van der Waals surface area (Å²) in [7, 11) is 0. The molecule has 0 N–H and O–H groups in total. The van der Waals surface area contributed by atoms with Crippen molar-refractivity contribution in [1.82, 2.24) is 0 Å². The summed E-state index contributed by atoms with van der Waals surface area (Å²) in [4.78, 5) is 0. The maximum atomic E-state index is 6.49. The van der Waals surface area contributed by atoms with Crippen LogP contribution >= 0.6 is 22.6 Å². The molecule has 0 aromatic heterocycles. The zero-order valence-corrected chi connectivity index (χ0v) is 24.3. The van der Waals surface area contributed by atoms with Crippen molar-refractivity contribution >= 4 is 22.6 Å². The van der Waals surface area contributed by atoms with Crippen LogP contribution in [0, 0.1) is 15.4 Å². The molecule has 3 atom stereocenters. The zero-order chi connectivity index (χ0) is 27.4. The van der Waals surface area contributed by atoms with E-state index in [2.05, 4.69) is 83.0 Å². The Bertz CT molecular complexity index is 1410. The van der Waals surface area contributed by atoms with Crippen LogP contribution in [0.4, 0.5) is 0 Å². The van der Waals surface area contributed by atoms with Gasteiger partial charge in [-0.2, -0.15) is 0 Å². The Kier molecular flexibility index (Phi) is 10.4. The van der Waals surface area contributed by atoms with Crippen molar-refractivity contribution in [2.45, 2.75) is 38.1 Å². The second-order valence-corrected chi connectivity index (χ2v) is 10.7. The van der Waals surface area contributed by atoms with Crippen LogP contribution in [0.3, 0.4) is 0 Å². The van der Waals surface area contributed by atoms with Gasteiger partial charge in [-0.1, -0.05) is 96.9 Å². The molecular weight excluding hydrogens is 611 g/mol. The predicted molar refractivity (Wildman–Crippen MR) is 165 cm³/mol. The van der Waals surface area contributed by atoms with Gasteiger partial charge in [0.1, 0.15) is 12.2 Å². The van der Waals surface area contributed by atoms with Crippen molar-refractivity contribution in [1.29, 1.82) is 0 Å². The molecule has 1 heterocycles. The average molecular weight is 643 g/mol. The Morgan fingerprint density at radius 1 is 0.625 bits per heavy atom. The highest BCUT2D eigenvalue weighted by Gasteiger charge is 2.37. The van der Waals surface area contributed by atoms with Crippen molar-refractivity contribution in [3.05, 3.63) is 153 Å². The van der Waals surface area contributed by atoms with Gasteiger partial charge in [-0.05, 0) is 75.5 Å². The number of benzene rings is 4. The van der Waals surface area contributed by atoms with E-state index in [1.807, 2.05) is 72.8 Å². The fraction of sp³-hybridized carbons (Fsp3) is 0.200. The molecule has 0 bridgehead atoms.